The third kappa shape index (κ3) is 3.08. The Kier molecular flexibility index (Phi) is 4.21. The van der Waals surface area contributed by atoms with Crippen LogP contribution in [-0.4, -0.2) is 12.1 Å². The van der Waals surface area contributed by atoms with Gasteiger partial charge in [0.1, 0.15) is 17.2 Å². The molecule has 1 saturated carbocycles. The Morgan fingerprint density at radius 1 is 1.33 bits per heavy atom. The van der Waals surface area contributed by atoms with Crippen molar-refractivity contribution >= 4 is 0 Å². The van der Waals surface area contributed by atoms with Gasteiger partial charge in [-0.05, 0) is 50.6 Å². The fourth-order valence-electron chi connectivity index (χ4n) is 3.74. The Labute approximate surface area is 127 Å². The molecule has 1 atom stereocenters. The molecule has 1 aromatic carbocycles. The average Bonchev–Trinajstić information content (AvgIpc) is 2.47. The van der Waals surface area contributed by atoms with Crippen LogP contribution in [0.2, 0.25) is 0 Å². The summed E-state index contributed by atoms with van der Waals surface area (Å²) in [5.74, 6) is 1.34. The van der Waals surface area contributed by atoms with Gasteiger partial charge in [-0.1, -0.05) is 19.9 Å². The SMILES string of the molecule is CCCNC1CC2(CCC(C)CC2)Oc2cc(F)ccc21. The quantitative estimate of drug-likeness (QED) is 0.879. The van der Waals surface area contributed by atoms with Crippen LogP contribution in [0.1, 0.15) is 64.0 Å². The molecule has 0 radical (unpaired) electrons. The molecule has 3 rings (SSSR count). The summed E-state index contributed by atoms with van der Waals surface area (Å²) in [7, 11) is 0. The molecule has 116 valence electrons. The molecular formula is C18H26FNO. The minimum Gasteiger partial charge on any atom is -0.487 e. The molecule has 1 unspecified atom stereocenters. The molecule has 1 aliphatic carbocycles. The lowest BCUT2D eigenvalue weighted by Crippen LogP contribution is -2.46. The zero-order valence-corrected chi connectivity index (χ0v) is 13.1. The Morgan fingerprint density at radius 3 is 2.81 bits per heavy atom. The molecule has 1 spiro atoms. The highest BCUT2D eigenvalue weighted by atomic mass is 19.1. The van der Waals surface area contributed by atoms with Crippen LogP contribution in [0.15, 0.2) is 18.2 Å². The molecule has 1 N–H and O–H groups in total. The monoisotopic (exact) mass is 291 g/mol. The molecule has 21 heavy (non-hydrogen) atoms. The van der Waals surface area contributed by atoms with E-state index < -0.39 is 0 Å². The smallest absolute Gasteiger partial charge is 0.127 e. The number of hydrogen-bond acceptors (Lipinski definition) is 2. The summed E-state index contributed by atoms with van der Waals surface area (Å²) in [6, 6.07) is 5.29. The van der Waals surface area contributed by atoms with Crippen molar-refractivity contribution in [3.8, 4) is 5.75 Å². The summed E-state index contributed by atoms with van der Waals surface area (Å²) < 4.78 is 19.9. The van der Waals surface area contributed by atoms with Gasteiger partial charge in [-0.15, -0.1) is 0 Å². The van der Waals surface area contributed by atoms with Crippen molar-refractivity contribution in [1.82, 2.24) is 5.32 Å². The Morgan fingerprint density at radius 2 is 2.10 bits per heavy atom. The van der Waals surface area contributed by atoms with Gasteiger partial charge in [-0.2, -0.15) is 0 Å². The van der Waals surface area contributed by atoms with E-state index in [0.29, 0.717) is 6.04 Å². The van der Waals surface area contributed by atoms with Crippen molar-refractivity contribution < 1.29 is 9.13 Å². The van der Waals surface area contributed by atoms with Crippen LogP contribution in [0.25, 0.3) is 0 Å². The van der Waals surface area contributed by atoms with Crippen molar-refractivity contribution in [1.29, 1.82) is 0 Å². The van der Waals surface area contributed by atoms with Crippen LogP contribution in [0.3, 0.4) is 0 Å². The molecule has 1 aromatic rings. The molecule has 2 aliphatic rings. The van der Waals surface area contributed by atoms with Gasteiger partial charge >= 0.3 is 0 Å². The third-order valence-electron chi connectivity index (χ3n) is 5.08. The fraction of sp³-hybridized carbons (Fsp3) is 0.667. The number of halogens is 1. The fourth-order valence-corrected chi connectivity index (χ4v) is 3.74. The second-order valence-electron chi connectivity index (χ2n) is 6.86. The van der Waals surface area contributed by atoms with Gasteiger partial charge in [0.05, 0.1) is 0 Å². The zero-order valence-electron chi connectivity index (χ0n) is 13.1. The van der Waals surface area contributed by atoms with Gasteiger partial charge in [-0.25, -0.2) is 4.39 Å². The van der Waals surface area contributed by atoms with Gasteiger partial charge in [0.2, 0.25) is 0 Å². The van der Waals surface area contributed by atoms with Crippen LogP contribution in [0, 0.1) is 11.7 Å². The second kappa shape index (κ2) is 5.96. The van der Waals surface area contributed by atoms with Crippen LogP contribution < -0.4 is 10.1 Å². The second-order valence-corrected chi connectivity index (χ2v) is 6.86. The van der Waals surface area contributed by atoms with Crippen LogP contribution >= 0.6 is 0 Å². The number of benzene rings is 1. The van der Waals surface area contributed by atoms with E-state index >= 15 is 0 Å². The van der Waals surface area contributed by atoms with E-state index in [4.69, 9.17) is 4.74 Å². The first-order chi connectivity index (χ1) is 10.1. The number of fused-ring (bicyclic) bond motifs is 1. The maximum atomic E-state index is 13.6. The molecule has 0 bridgehead atoms. The molecule has 1 fully saturated rings. The highest BCUT2D eigenvalue weighted by Crippen LogP contribution is 2.47. The van der Waals surface area contributed by atoms with Gasteiger partial charge in [-0.3, -0.25) is 0 Å². The summed E-state index contributed by atoms with van der Waals surface area (Å²) in [5, 5.41) is 3.63. The minimum absolute atomic E-state index is 0.0846. The number of rotatable bonds is 3. The largest absolute Gasteiger partial charge is 0.487 e. The zero-order chi connectivity index (χ0) is 14.9. The highest BCUT2D eigenvalue weighted by molar-refractivity contribution is 5.39. The topological polar surface area (TPSA) is 21.3 Å². The predicted molar refractivity (Wildman–Crippen MR) is 83.0 cm³/mol. The summed E-state index contributed by atoms with van der Waals surface area (Å²) in [4.78, 5) is 0. The number of nitrogens with one attached hydrogen (secondary N) is 1. The van der Waals surface area contributed by atoms with Gasteiger partial charge in [0, 0.05) is 24.1 Å². The summed E-state index contributed by atoms with van der Waals surface area (Å²) in [6.07, 6.45) is 6.73. The molecule has 0 amide bonds. The first-order valence-corrected chi connectivity index (χ1v) is 8.34. The van der Waals surface area contributed by atoms with E-state index in [-0.39, 0.29) is 11.4 Å². The first-order valence-electron chi connectivity index (χ1n) is 8.34. The van der Waals surface area contributed by atoms with Crippen molar-refractivity contribution in [2.45, 2.75) is 64.0 Å². The Bertz CT molecular complexity index is 494. The highest BCUT2D eigenvalue weighted by Gasteiger charge is 2.42. The molecule has 0 saturated heterocycles. The Hall–Kier alpha value is -1.09. The summed E-state index contributed by atoms with van der Waals surface area (Å²) >= 11 is 0. The molecule has 1 heterocycles. The third-order valence-corrected chi connectivity index (χ3v) is 5.08. The minimum atomic E-state index is -0.204. The standard InChI is InChI=1S/C18H26FNO/c1-3-10-20-16-12-18(8-6-13(2)7-9-18)21-17-11-14(19)4-5-15(16)17/h4-5,11,13,16,20H,3,6-10,12H2,1-2H3. The van der Waals surface area contributed by atoms with Crippen molar-refractivity contribution in [2.24, 2.45) is 5.92 Å². The molecular weight excluding hydrogens is 265 g/mol. The lowest BCUT2D eigenvalue weighted by Gasteiger charge is -2.46. The Balaban J connectivity index is 1.87. The molecule has 1 aliphatic heterocycles. The van der Waals surface area contributed by atoms with E-state index in [1.54, 1.807) is 12.1 Å². The number of ether oxygens (including phenoxy) is 1. The van der Waals surface area contributed by atoms with Crippen molar-refractivity contribution in [3.63, 3.8) is 0 Å². The van der Waals surface area contributed by atoms with E-state index in [2.05, 4.69) is 19.2 Å². The normalized spacial score (nSPS) is 31.8. The summed E-state index contributed by atoms with van der Waals surface area (Å²) in [5.41, 5.74) is 1.03. The lowest BCUT2D eigenvalue weighted by atomic mass is 9.74. The van der Waals surface area contributed by atoms with E-state index in [1.165, 1.54) is 12.8 Å². The van der Waals surface area contributed by atoms with Crippen LogP contribution in [-0.2, 0) is 0 Å². The van der Waals surface area contributed by atoms with Gasteiger partial charge in [0.25, 0.3) is 0 Å². The maximum absolute atomic E-state index is 13.6. The van der Waals surface area contributed by atoms with Crippen LogP contribution in [0.5, 0.6) is 5.75 Å². The maximum Gasteiger partial charge on any atom is 0.127 e. The number of hydrogen-bond donors (Lipinski definition) is 1. The van der Waals surface area contributed by atoms with Crippen LogP contribution in [0.4, 0.5) is 4.39 Å². The van der Waals surface area contributed by atoms with Crippen molar-refractivity contribution in [2.75, 3.05) is 6.54 Å². The predicted octanol–water partition coefficient (Wildman–Crippen LogP) is 4.60. The van der Waals surface area contributed by atoms with Gasteiger partial charge in [0.15, 0.2) is 0 Å². The van der Waals surface area contributed by atoms with E-state index in [1.807, 2.05) is 6.07 Å². The van der Waals surface area contributed by atoms with E-state index in [9.17, 15) is 4.39 Å². The molecule has 2 nitrogen and oxygen atoms in total. The first kappa shape index (κ1) is 14.8. The average molecular weight is 291 g/mol. The van der Waals surface area contributed by atoms with E-state index in [0.717, 1.165) is 49.5 Å². The molecule has 3 heteroatoms. The van der Waals surface area contributed by atoms with Crippen molar-refractivity contribution in [3.05, 3.63) is 29.6 Å². The van der Waals surface area contributed by atoms with Gasteiger partial charge < -0.3 is 10.1 Å². The lowest BCUT2D eigenvalue weighted by molar-refractivity contribution is -0.0130. The molecule has 0 aromatic heterocycles. The summed E-state index contributed by atoms with van der Waals surface area (Å²) in [6.45, 7) is 5.49.